The van der Waals surface area contributed by atoms with Gasteiger partial charge in [-0.25, -0.2) is 0 Å². The number of nitrogens with two attached hydrogens (primary N) is 1. The first kappa shape index (κ1) is 13.2. The molecule has 1 aliphatic heterocycles. The summed E-state index contributed by atoms with van der Waals surface area (Å²) in [6.45, 7) is 10.00. The number of rotatable bonds is 2. The molecule has 1 unspecified atom stereocenters. The maximum absolute atomic E-state index is 9.38. The highest BCUT2D eigenvalue weighted by atomic mass is 16.5. The second-order valence-corrected chi connectivity index (χ2v) is 5.49. The van der Waals surface area contributed by atoms with E-state index >= 15 is 0 Å². The van der Waals surface area contributed by atoms with E-state index in [-0.39, 0.29) is 17.2 Å². The van der Waals surface area contributed by atoms with Crippen LogP contribution in [0.2, 0.25) is 0 Å². The van der Waals surface area contributed by atoms with E-state index in [2.05, 4.69) is 18.7 Å². The number of hydrogen-bond acceptors (Lipinski definition) is 3. The fourth-order valence-corrected chi connectivity index (χ4v) is 2.47. The van der Waals surface area contributed by atoms with Gasteiger partial charge >= 0.3 is 0 Å². The standard InChI is InChI=1S/C16H18N2O/c1-5-16(3,4)14-11-8-10(2)6-7-13(11)19-15(18)12(14)9-17/h5-8,14H,1,18H2,2-4H3. The van der Waals surface area contributed by atoms with Crippen LogP contribution < -0.4 is 10.5 Å². The lowest BCUT2D eigenvalue weighted by Gasteiger charge is -2.35. The first-order valence-corrected chi connectivity index (χ1v) is 6.22. The molecule has 1 aliphatic rings. The van der Waals surface area contributed by atoms with E-state index in [1.54, 1.807) is 0 Å². The van der Waals surface area contributed by atoms with Crippen molar-refractivity contribution < 1.29 is 4.74 Å². The van der Waals surface area contributed by atoms with Crippen LogP contribution in [0, 0.1) is 23.7 Å². The van der Waals surface area contributed by atoms with Crippen LogP contribution in [-0.2, 0) is 0 Å². The van der Waals surface area contributed by atoms with Crippen molar-refractivity contribution in [3.05, 3.63) is 53.4 Å². The molecule has 0 saturated heterocycles. The highest BCUT2D eigenvalue weighted by Crippen LogP contribution is 2.48. The number of aryl methyl sites for hydroxylation is 1. The molecule has 0 amide bonds. The van der Waals surface area contributed by atoms with E-state index in [4.69, 9.17) is 10.5 Å². The van der Waals surface area contributed by atoms with Crippen molar-refractivity contribution in [2.75, 3.05) is 0 Å². The van der Waals surface area contributed by atoms with Gasteiger partial charge in [0.15, 0.2) is 0 Å². The predicted octanol–water partition coefficient (Wildman–Crippen LogP) is 3.38. The predicted molar refractivity (Wildman–Crippen MR) is 75.4 cm³/mol. The minimum Gasteiger partial charge on any atom is -0.440 e. The number of nitriles is 1. The summed E-state index contributed by atoms with van der Waals surface area (Å²) in [5.41, 5.74) is 8.21. The van der Waals surface area contributed by atoms with Gasteiger partial charge < -0.3 is 10.5 Å². The number of benzene rings is 1. The van der Waals surface area contributed by atoms with Gasteiger partial charge in [-0.05, 0) is 18.4 Å². The van der Waals surface area contributed by atoms with E-state index in [1.165, 1.54) is 0 Å². The molecule has 0 radical (unpaired) electrons. The first-order chi connectivity index (χ1) is 8.90. The van der Waals surface area contributed by atoms with Crippen LogP contribution in [0.1, 0.15) is 30.9 Å². The molecule has 0 spiro atoms. The van der Waals surface area contributed by atoms with Gasteiger partial charge in [-0.15, -0.1) is 6.58 Å². The normalized spacial score (nSPS) is 18.3. The smallest absolute Gasteiger partial charge is 0.205 e. The van der Waals surface area contributed by atoms with Crippen LogP contribution in [0.3, 0.4) is 0 Å². The summed E-state index contributed by atoms with van der Waals surface area (Å²) >= 11 is 0. The van der Waals surface area contributed by atoms with Crippen molar-refractivity contribution in [3.8, 4) is 11.8 Å². The first-order valence-electron chi connectivity index (χ1n) is 6.22. The Bertz CT molecular complexity index is 606. The highest BCUT2D eigenvalue weighted by molar-refractivity contribution is 5.52. The lowest BCUT2D eigenvalue weighted by molar-refractivity contribution is 0.337. The SMILES string of the molecule is C=CC(C)(C)C1C(C#N)=C(N)Oc2ccc(C)cc21. The monoisotopic (exact) mass is 254 g/mol. The number of hydrogen-bond donors (Lipinski definition) is 1. The molecule has 0 bridgehead atoms. The summed E-state index contributed by atoms with van der Waals surface area (Å²) in [6.07, 6.45) is 1.86. The average Bonchev–Trinajstić information content (AvgIpc) is 2.37. The summed E-state index contributed by atoms with van der Waals surface area (Å²) < 4.78 is 5.56. The fraction of sp³-hybridized carbons (Fsp3) is 0.312. The summed E-state index contributed by atoms with van der Waals surface area (Å²) in [6, 6.07) is 8.11. The van der Waals surface area contributed by atoms with Crippen LogP contribution in [-0.4, -0.2) is 0 Å². The third-order valence-electron chi connectivity index (χ3n) is 3.64. The minimum atomic E-state index is -0.276. The van der Waals surface area contributed by atoms with Crippen LogP contribution in [0.15, 0.2) is 42.3 Å². The third kappa shape index (κ3) is 2.10. The summed E-state index contributed by atoms with van der Waals surface area (Å²) in [5, 5.41) is 9.38. The zero-order valence-corrected chi connectivity index (χ0v) is 11.5. The summed E-state index contributed by atoms with van der Waals surface area (Å²) in [4.78, 5) is 0. The Hall–Kier alpha value is -2.21. The molecule has 0 saturated carbocycles. The Kier molecular flexibility index (Phi) is 3.11. The van der Waals surface area contributed by atoms with Gasteiger partial charge in [0, 0.05) is 11.5 Å². The van der Waals surface area contributed by atoms with Gasteiger partial charge in [0.1, 0.15) is 11.8 Å². The van der Waals surface area contributed by atoms with E-state index in [0.29, 0.717) is 5.57 Å². The Morgan fingerprint density at radius 1 is 1.47 bits per heavy atom. The number of allylic oxidation sites excluding steroid dienone is 2. The Labute approximate surface area is 114 Å². The van der Waals surface area contributed by atoms with Gasteiger partial charge in [0.2, 0.25) is 5.88 Å². The van der Waals surface area contributed by atoms with Gasteiger partial charge in [0.25, 0.3) is 0 Å². The summed E-state index contributed by atoms with van der Waals surface area (Å²) in [7, 11) is 0. The van der Waals surface area contributed by atoms with Crippen molar-refractivity contribution in [3.63, 3.8) is 0 Å². The topological polar surface area (TPSA) is 59.0 Å². The lowest BCUT2D eigenvalue weighted by Crippen LogP contribution is -2.29. The molecular formula is C16H18N2O. The van der Waals surface area contributed by atoms with Crippen molar-refractivity contribution >= 4 is 0 Å². The molecule has 19 heavy (non-hydrogen) atoms. The zero-order chi connectivity index (χ0) is 14.2. The van der Waals surface area contributed by atoms with Crippen molar-refractivity contribution in [2.45, 2.75) is 26.7 Å². The van der Waals surface area contributed by atoms with E-state index < -0.39 is 0 Å². The fourth-order valence-electron chi connectivity index (χ4n) is 2.47. The lowest BCUT2D eigenvalue weighted by atomic mass is 9.70. The van der Waals surface area contributed by atoms with Crippen LogP contribution >= 0.6 is 0 Å². The number of ether oxygens (including phenoxy) is 1. The number of nitrogens with zero attached hydrogens (tertiary/aromatic N) is 1. The molecule has 1 aromatic rings. The molecule has 1 heterocycles. The number of fused-ring (bicyclic) bond motifs is 1. The molecule has 3 heteroatoms. The summed E-state index contributed by atoms with van der Waals surface area (Å²) in [5.74, 6) is 0.791. The van der Waals surface area contributed by atoms with Crippen LogP contribution in [0.5, 0.6) is 5.75 Å². The van der Waals surface area contributed by atoms with Crippen LogP contribution in [0.4, 0.5) is 0 Å². The quantitative estimate of drug-likeness (QED) is 0.823. The van der Waals surface area contributed by atoms with E-state index in [9.17, 15) is 5.26 Å². The Morgan fingerprint density at radius 2 is 2.16 bits per heavy atom. The van der Waals surface area contributed by atoms with Gasteiger partial charge in [-0.1, -0.05) is 37.6 Å². The largest absolute Gasteiger partial charge is 0.440 e. The molecule has 1 atom stereocenters. The second-order valence-electron chi connectivity index (χ2n) is 5.49. The Morgan fingerprint density at radius 3 is 2.74 bits per heavy atom. The molecule has 0 fully saturated rings. The van der Waals surface area contributed by atoms with Gasteiger partial charge in [-0.2, -0.15) is 5.26 Å². The molecular weight excluding hydrogens is 236 g/mol. The average molecular weight is 254 g/mol. The van der Waals surface area contributed by atoms with Crippen molar-refractivity contribution in [1.82, 2.24) is 0 Å². The molecule has 2 N–H and O–H groups in total. The molecule has 0 aliphatic carbocycles. The van der Waals surface area contributed by atoms with Crippen LogP contribution in [0.25, 0.3) is 0 Å². The molecule has 1 aromatic carbocycles. The molecule has 3 nitrogen and oxygen atoms in total. The highest BCUT2D eigenvalue weighted by Gasteiger charge is 2.38. The second kappa shape index (κ2) is 4.47. The van der Waals surface area contributed by atoms with Gasteiger partial charge in [-0.3, -0.25) is 0 Å². The molecule has 98 valence electrons. The molecule has 2 rings (SSSR count). The van der Waals surface area contributed by atoms with Gasteiger partial charge in [0.05, 0.1) is 5.57 Å². The van der Waals surface area contributed by atoms with Crippen molar-refractivity contribution in [1.29, 1.82) is 5.26 Å². The maximum atomic E-state index is 9.38. The van der Waals surface area contributed by atoms with Crippen molar-refractivity contribution in [2.24, 2.45) is 11.1 Å². The minimum absolute atomic E-state index is 0.126. The van der Waals surface area contributed by atoms with E-state index in [1.807, 2.05) is 39.0 Å². The zero-order valence-electron chi connectivity index (χ0n) is 11.5. The maximum Gasteiger partial charge on any atom is 0.205 e. The van der Waals surface area contributed by atoms with E-state index in [0.717, 1.165) is 16.9 Å². The Balaban J connectivity index is 2.70. The molecule has 0 aromatic heterocycles. The third-order valence-corrected chi connectivity index (χ3v) is 3.64.